The number of nitrogens with one attached hydrogen (secondary N) is 2. The summed E-state index contributed by atoms with van der Waals surface area (Å²) in [5.74, 6) is 2.66. The van der Waals surface area contributed by atoms with E-state index in [0.717, 1.165) is 30.9 Å². The standard InChI is InChI=1S/C19H39N5.HI/c1-4-10-24-14-8-18(16-24)15-22-19(20-3)21-9-5-11-23-12-6-17(2)7-13-23;/h17-18H,4-16H2,1-3H3,(H2,20,21,22);1H. The third kappa shape index (κ3) is 8.91. The largest absolute Gasteiger partial charge is 0.356 e. The predicted octanol–water partition coefficient (Wildman–Crippen LogP) is 2.62. The Morgan fingerprint density at radius 1 is 1.04 bits per heavy atom. The van der Waals surface area contributed by atoms with E-state index in [4.69, 9.17) is 0 Å². The summed E-state index contributed by atoms with van der Waals surface area (Å²) in [6.45, 7) is 14.2. The van der Waals surface area contributed by atoms with E-state index in [2.05, 4.69) is 39.3 Å². The monoisotopic (exact) mass is 465 g/mol. The second-order valence-electron chi connectivity index (χ2n) is 7.71. The van der Waals surface area contributed by atoms with Crippen LogP contribution in [0.3, 0.4) is 0 Å². The zero-order valence-electron chi connectivity index (χ0n) is 16.6. The molecule has 0 aromatic heterocycles. The lowest BCUT2D eigenvalue weighted by atomic mass is 9.99. The van der Waals surface area contributed by atoms with E-state index in [1.54, 1.807) is 0 Å². The Labute approximate surface area is 172 Å². The molecule has 0 aromatic rings. The number of guanidine groups is 1. The molecular formula is C19H40IN5. The van der Waals surface area contributed by atoms with Crippen molar-refractivity contribution in [2.75, 3.05) is 59.4 Å². The third-order valence-corrected chi connectivity index (χ3v) is 5.51. The minimum atomic E-state index is 0. The van der Waals surface area contributed by atoms with Crippen LogP contribution in [0.15, 0.2) is 4.99 Å². The fraction of sp³-hybridized carbons (Fsp3) is 0.947. The van der Waals surface area contributed by atoms with E-state index in [1.165, 1.54) is 71.4 Å². The lowest BCUT2D eigenvalue weighted by Crippen LogP contribution is -2.41. The molecule has 5 nitrogen and oxygen atoms in total. The van der Waals surface area contributed by atoms with Gasteiger partial charge in [-0.05, 0) is 76.7 Å². The number of halogens is 1. The number of aliphatic imine (C=N–C) groups is 1. The summed E-state index contributed by atoms with van der Waals surface area (Å²) in [6, 6.07) is 0. The summed E-state index contributed by atoms with van der Waals surface area (Å²) in [7, 11) is 1.87. The molecular weight excluding hydrogens is 425 g/mol. The predicted molar refractivity (Wildman–Crippen MR) is 119 cm³/mol. The number of hydrogen-bond donors (Lipinski definition) is 2. The molecule has 1 unspecified atom stereocenters. The molecule has 2 fully saturated rings. The van der Waals surface area contributed by atoms with Crippen LogP contribution in [0, 0.1) is 11.8 Å². The van der Waals surface area contributed by atoms with Crippen LogP contribution in [0.1, 0.15) is 46.0 Å². The van der Waals surface area contributed by atoms with Crippen molar-refractivity contribution >= 4 is 29.9 Å². The smallest absolute Gasteiger partial charge is 0.190 e. The van der Waals surface area contributed by atoms with Crippen LogP contribution in [0.4, 0.5) is 0 Å². The SMILES string of the molecule is CCCN1CCC(CNC(=NC)NCCCN2CCC(C)CC2)C1.I. The van der Waals surface area contributed by atoms with Crippen molar-refractivity contribution < 1.29 is 0 Å². The Morgan fingerprint density at radius 3 is 2.44 bits per heavy atom. The molecule has 6 heteroatoms. The van der Waals surface area contributed by atoms with Crippen LogP contribution in [0.5, 0.6) is 0 Å². The average Bonchev–Trinajstić information content (AvgIpc) is 3.04. The van der Waals surface area contributed by atoms with Crippen LogP contribution in [-0.2, 0) is 0 Å². The van der Waals surface area contributed by atoms with Gasteiger partial charge in [0.15, 0.2) is 5.96 Å². The number of hydrogen-bond acceptors (Lipinski definition) is 3. The molecule has 0 aliphatic carbocycles. The number of nitrogens with zero attached hydrogens (tertiary/aromatic N) is 3. The van der Waals surface area contributed by atoms with Gasteiger partial charge >= 0.3 is 0 Å². The van der Waals surface area contributed by atoms with Crippen molar-refractivity contribution in [3.8, 4) is 0 Å². The fourth-order valence-electron chi connectivity index (χ4n) is 3.86. The topological polar surface area (TPSA) is 42.9 Å². The van der Waals surface area contributed by atoms with E-state index in [-0.39, 0.29) is 24.0 Å². The highest BCUT2D eigenvalue weighted by molar-refractivity contribution is 14.0. The van der Waals surface area contributed by atoms with Gasteiger partial charge in [0.05, 0.1) is 0 Å². The molecule has 2 rings (SSSR count). The van der Waals surface area contributed by atoms with Crippen LogP contribution in [-0.4, -0.2) is 75.2 Å². The fourth-order valence-corrected chi connectivity index (χ4v) is 3.86. The molecule has 0 bridgehead atoms. The Kier molecular flexibility index (Phi) is 12.1. The molecule has 2 N–H and O–H groups in total. The molecule has 0 radical (unpaired) electrons. The van der Waals surface area contributed by atoms with Gasteiger partial charge in [0.2, 0.25) is 0 Å². The Morgan fingerprint density at radius 2 is 1.76 bits per heavy atom. The minimum Gasteiger partial charge on any atom is -0.356 e. The minimum absolute atomic E-state index is 0. The zero-order chi connectivity index (χ0) is 17.2. The van der Waals surface area contributed by atoms with Crippen LogP contribution >= 0.6 is 24.0 Å². The summed E-state index contributed by atoms with van der Waals surface area (Å²) >= 11 is 0. The van der Waals surface area contributed by atoms with E-state index >= 15 is 0 Å². The average molecular weight is 465 g/mol. The summed E-state index contributed by atoms with van der Waals surface area (Å²) in [5, 5.41) is 6.99. The van der Waals surface area contributed by atoms with Crippen LogP contribution in [0.25, 0.3) is 0 Å². The van der Waals surface area contributed by atoms with Gasteiger partial charge in [-0.15, -0.1) is 24.0 Å². The van der Waals surface area contributed by atoms with Gasteiger partial charge in [-0.1, -0.05) is 13.8 Å². The molecule has 2 aliphatic rings. The zero-order valence-corrected chi connectivity index (χ0v) is 18.9. The maximum absolute atomic E-state index is 4.37. The highest BCUT2D eigenvalue weighted by Gasteiger charge is 2.21. The van der Waals surface area contributed by atoms with E-state index in [1.807, 2.05) is 7.05 Å². The van der Waals surface area contributed by atoms with Crippen molar-refractivity contribution in [2.45, 2.75) is 46.0 Å². The summed E-state index contributed by atoms with van der Waals surface area (Å²) < 4.78 is 0. The van der Waals surface area contributed by atoms with Crippen molar-refractivity contribution in [1.29, 1.82) is 0 Å². The highest BCUT2D eigenvalue weighted by atomic mass is 127. The number of rotatable bonds is 8. The van der Waals surface area contributed by atoms with Gasteiger partial charge in [-0.25, -0.2) is 0 Å². The maximum Gasteiger partial charge on any atom is 0.190 e. The molecule has 1 atom stereocenters. The first kappa shape index (κ1) is 23.0. The van der Waals surface area contributed by atoms with Gasteiger partial charge < -0.3 is 20.4 Å². The van der Waals surface area contributed by atoms with Gasteiger partial charge in [-0.2, -0.15) is 0 Å². The molecule has 2 heterocycles. The normalized spacial score (nSPS) is 23.5. The highest BCUT2D eigenvalue weighted by Crippen LogP contribution is 2.16. The lowest BCUT2D eigenvalue weighted by Gasteiger charge is -2.30. The molecule has 2 aliphatic heterocycles. The Hall–Kier alpha value is -0.0800. The third-order valence-electron chi connectivity index (χ3n) is 5.51. The van der Waals surface area contributed by atoms with Gasteiger partial charge in [0.1, 0.15) is 0 Å². The first-order valence-electron chi connectivity index (χ1n) is 10.1. The molecule has 0 aromatic carbocycles. The van der Waals surface area contributed by atoms with Crippen molar-refractivity contribution in [1.82, 2.24) is 20.4 Å². The first-order chi connectivity index (χ1) is 11.7. The van der Waals surface area contributed by atoms with Crippen molar-refractivity contribution in [3.05, 3.63) is 0 Å². The van der Waals surface area contributed by atoms with Gasteiger partial charge in [-0.3, -0.25) is 4.99 Å². The maximum atomic E-state index is 4.37. The number of likely N-dealkylation sites (tertiary alicyclic amines) is 2. The molecule has 0 saturated carbocycles. The second kappa shape index (κ2) is 13.1. The molecule has 2 saturated heterocycles. The molecule has 0 spiro atoms. The Bertz CT molecular complexity index is 369. The molecule has 25 heavy (non-hydrogen) atoms. The van der Waals surface area contributed by atoms with Crippen molar-refractivity contribution in [3.63, 3.8) is 0 Å². The molecule has 0 amide bonds. The second-order valence-corrected chi connectivity index (χ2v) is 7.71. The van der Waals surface area contributed by atoms with Gasteiger partial charge in [0.25, 0.3) is 0 Å². The lowest BCUT2D eigenvalue weighted by molar-refractivity contribution is 0.191. The van der Waals surface area contributed by atoms with E-state index < -0.39 is 0 Å². The number of piperidine rings is 1. The van der Waals surface area contributed by atoms with E-state index in [9.17, 15) is 0 Å². The first-order valence-corrected chi connectivity index (χ1v) is 10.1. The summed E-state index contributed by atoms with van der Waals surface area (Å²) in [5.41, 5.74) is 0. The quantitative estimate of drug-likeness (QED) is 0.250. The van der Waals surface area contributed by atoms with Crippen LogP contribution < -0.4 is 10.6 Å². The summed E-state index contributed by atoms with van der Waals surface area (Å²) in [4.78, 5) is 9.56. The van der Waals surface area contributed by atoms with Crippen LogP contribution in [0.2, 0.25) is 0 Å². The Balaban J connectivity index is 0.00000312. The van der Waals surface area contributed by atoms with E-state index in [0.29, 0.717) is 0 Å². The molecule has 148 valence electrons. The summed E-state index contributed by atoms with van der Waals surface area (Å²) in [6.07, 6.45) is 6.51. The van der Waals surface area contributed by atoms with Crippen molar-refractivity contribution in [2.24, 2.45) is 16.8 Å². The van der Waals surface area contributed by atoms with Gasteiger partial charge in [0, 0.05) is 26.7 Å².